The predicted octanol–water partition coefficient (Wildman–Crippen LogP) is 1.85. The molecule has 0 aromatic heterocycles. The number of nitrogens with one attached hydrogen (secondary N) is 1. The van der Waals surface area contributed by atoms with Crippen molar-refractivity contribution in [1.82, 2.24) is 5.32 Å². The summed E-state index contributed by atoms with van der Waals surface area (Å²) in [5.74, 6) is 0. The molecule has 2 rings (SSSR count). The molecule has 1 amide bonds. The molecular weight excluding hydrogens is 268 g/mol. The van der Waals surface area contributed by atoms with Crippen molar-refractivity contribution in [2.24, 2.45) is 5.73 Å². The van der Waals surface area contributed by atoms with Crippen molar-refractivity contribution in [1.29, 1.82) is 0 Å². The second-order valence-electron chi connectivity index (χ2n) is 6.61. The molecule has 1 aliphatic rings. The molecule has 1 saturated heterocycles. The second kappa shape index (κ2) is 6.03. The van der Waals surface area contributed by atoms with Gasteiger partial charge >= 0.3 is 6.09 Å². The summed E-state index contributed by atoms with van der Waals surface area (Å²) < 4.78 is 10.5. The van der Waals surface area contributed by atoms with Gasteiger partial charge in [0.1, 0.15) is 5.60 Å². The SMILES string of the molecule is CC(C)(C)OC(=O)N[C@@H](Cc1ccccc1)C1(N)COC1. The van der Waals surface area contributed by atoms with Crippen LogP contribution >= 0.6 is 0 Å². The first kappa shape index (κ1) is 15.8. The van der Waals surface area contributed by atoms with Crippen LogP contribution in [0.3, 0.4) is 0 Å². The average Bonchev–Trinajstić information content (AvgIpc) is 2.34. The number of nitrogens with two attached hydrogens (primary N) is 1. The van der Waals surface area contributed by atoms with Gasteiger partial charge in [-0.15, -0.1) is 0 Å². The van der Waals surface area contributed by atoms with Crippen LogP contribution in [0.25, 0.3) is 0 Å². The van der Waals surface area contributed by atoms with Gasteiger partial charge in [-0.05, 0) is 32.8 Å². The molecule has 5 nitrogen and oxygen atoms in total. The van der Waals surface area contributed by atoms with Crippen molar-refractivity contribution in [3.63, 3.8) is 0 Å². The van der Waals surface area contributed by atoms with E-state index in [1.54, 1.807) is 0 Å². The summed E-state index contributed by atoms with van der Waals surface area (Å²) >= 11 is 0. The third-order valence-electron chi connectivity index (χ3n) is 3.41. The smallest absolute Gasteiger partial charge is 0.407 e. The van der Waals surface area contributed by atoms with Crippen LogP contribution in [0.2, 0.25) is 0 Å². The maximum atomic E-state index is 12.0. The molecule has 0 radical (unpaired) electrons. The van der Waals surface area contributed by atoms with E-state index >= 15 is 0 Å². The fourth-order valence-electron chi connectivity index (χ4n) is 2.24. The van der Waals surface area contributed by atoms with Gasteiger partial charge in [0.05, 0.1) is 24.8 Å². The Morgan fingerprint density at radius 3 is 2.48 bits per heavy atom. The van der Waals surface area contributed by atoms with E-state index in [4.69, 9.17) is 15.2 Å². The monoisotopic (exact) mass is 292 g/mol. The summed E-state index contributed by atoms with van der Waals surface area (Å²) in [6.45, 7) is 6.40. The largest absolute Gasteiger partial charge is 0.444 e. The van der Waals surface area contributed by atoms with Crippen LogP contribution in [0.4, 0.5) is 4.79 Å². The third kappa shape index (κ3) is 4.44. The molecule has 5 heteroatoms. The minimum atomic E-state index is -0.535. The Balaban J connectivity index is 2.05. The first-order valence-corrected chi connectivity index (χ1v) is 7.19. The molecule has 0 spiro atoms. The van der Waals surface area contributed by atoms with Gasteiger partial charge in [-0.1, -0.05) is 30.3 Å². The van der Waals surface area contributed by atoms with E-state index < -0.39 is 17.2 Å². The molecule has 1 aliphatic heterocycles. The van der Waals surface area contributed by atoms with Gasteiger partial charge in [0, 0.05) is 0 Å². The highest BCUT2D eigenvalue weighted by Crippen LogP contribution is 2.22. The van der Waals surface area contributed by atoms with Gasteiger partial charge in [-0.3, -0.25) is 0 Å². The van der Waals surface area contributed by atoms with Crippen LogP contribution in [0.15, 0.2) is 30.3 Å². The molecule has 1 aromatic rings. The highest BCUT2D eigenvalue weighted by Gasteiger charge is 2.43. The maximum absolute atomic E-state index is 12.0. The molecule has 1 atom stereocenters. The zero-order chi connectivity index (χ0) is 15.5. The summed E-state index contributed by atoms with van der Waals surface area (Å²) in [6.07, 6.45) is 0.208. The van der Waals surface area contributed by atoms with Gasteiger partial charge in [-0.2, -0.15) is 0 Å². The van der Waals surface area contributed by atoms with E-state index in [1.165, 1.54) is 0 Å². The Labute approximate surface area is 125 Å². The lowest BCUT2D eigenvalue weighted by atomic mass is 9.85. The van der Waals surface area contributed by atoms with Crippen molar-refractivity contribution in [2.75, 3.05) is 13.2 Å². The summed E-state index contributed by atoms with van der Waals surface area (Å²) in [6, 6.07) is 9.73. The van der Waals surface area contributed by atoms with Crippen LogP contribution in [0.1, 0.15) is 26.3 Å². The molecule has 3 N–H and O–H groups in total. The third-order valence-corrected chi connectivity index (χ3v) is 3.41. The van der Waals surface area contributed by atoms with Crippen LogP contribution in [-0.2, 0) is 15.9 Å². The van der Waals surface area contributed by atoms with Crippen LogP contribution < -0.4 is 11.1 Å². The number of benzene rings is 1. The van der Waals surface area contributed by atoms with Crippen LogP contribution in [0, 0.1) is 0 Å². The lowest BCUT2D eigenvalue weighted by Crippen LogP contribution is -2.70. The first-order valence-electron chi connectivity index (χ1n) is 7.19. The number of carbonyl (C=O) groups excluding carboxylic acids is 1. The number of carbonyl (C=O) groups is 1. The Bertz CT molecular complexity index is 478. The van der Waals surface area contributed by atoms with E-state index in [0.29, 0.717) is 19.6 Å². The molecule has 21 heavy (non-hydrogen) atoms. The summed E-state index contributed by atoms with van der Waals surface area (Å²) in [5.41, 5.74) is 6.37. The number of rotatable bonds is 4. The Hall–Kier alpha value is -1.59. The summed E-state index contributed by atoms with van der Waals surface area (Å²) in [5, 5.41) is 2.90. The normalized spacial score (nSPS) is 18.5. The highest BCUT2D eigenvalue weighted by molar-refractivity contribution is 5.68. The van der Waals surface area contributed by atoms with Crippen molar-refractivity contribution < 1.29 is 14.3 Å². The highest BCUT2D eigenvalue weighted by atomic mass is 16.6. The molecular formula is C16H24N2O3. The number of hydrogen-bond donors (Lipinski definition) is 2. The molecule has 1 aromatic carbocycles. The quantitative estimate of drug-likeness (QED) is 0.888. The Morgan fingerprint density at radius 2 is 2.00 bits per heavy atom. The molecule has 0 bridgehead atoms. The van der Waals surface area contributed by atoms with Crippen molar-refractivity contribution >= 4 is 6.09 Å². The lowest BCUT2D eigenvalue weighted by Gasteiger charge is -2.44. The van der Waals surface area contributed by atoms with Crippen LogP contribution in [0.5, 0.6) is 0 Å². The predicted molar refractivity (Wildman–Crippen MR) is 81.0 cm³/mol. The second-order valence-corrected chi connectivity index (χ2v) is 6.61. The zero-order valence-corrected chi connectivity index (χ0v) is 12.9. The number of alkyl carbamates (subject to hydrolysis) is 1. The van der Waals surface area contributed by atoms with Gasteiger partial charge in [0.25, 0.3) is 0 Å². The van der Waals surface area contributed by atoms with E-state index in [2.05, 4.69) is 5.32 Å². The first-order chi connectivity index (χ1) is 9.78. The standard InChI is InChI=1S/C16H24N2O3/c1-15(2,3)21-14(19)18-13(16(17)10-20-11-16)9-12-7-5-4-6-8-12/h4-8,13H,9-11,17H2,1-3H3,(H,18,19)/t13-/m0/s1. The van der Waals surface area contributed by atoms with E-state index in [1.807, 2.05) is 51.1 Å². The van der Waals surface area contributed by atoms with Gasteiger partial charge < -0.3 is 20.5 Å². The van der Waals surface area contributed by atoms with E-state index in [0.717, 1.165) is 5.56 Å². The number of amides is 1. The van der Waals surface area contributed by atoms with E-state index in [9.17, 15) is 4.79 Å². The molecule has 0 aliphatic carbocycles. The van der Waals surface area contributed by atoms with Gasteiger partial charge in [0.15, 0.2) is 0 Å². The fourth-order valence-corrected chi connectivity index (χ4v) is 2.24. The summed E-state index contributed by atoms with van der Waals surface area (Å²) in [4.78, 5) is 12.0. The maximum Gasteiger partial charge on any atom is 0.407 e. The fraction of sp³-hybridized carbons (Fsp3) is 0.562. The van der Waals surface area contributed by atoms with Crippen LogP contribution in [-0.4, -0.2) is 36.5 Å². The summed E-state index contributed by atoms with van der Waals surface area (Å²) in [7, 11) is 0. The molecule has 116 valence electrons. The van der Waals surface area contributed by atoms with Crippen molar-refractivity contribution in [2.45, 2.75) is 44.4 Å². The molecule has 0 saturated carbocycles. The molecule has 1 heterocycles. The van der Waals surface area contributed by atoms with Crippen molar-refractivity contribution in [3.05, 3.63) is 35.9 Å². The number of ether oxygens (including phenoxy) is 2. The molecule has 1 fully saturated rings. The minimum absolute atomic E-state index is 0.219. The minimum Gasteiger partial charge on any atom is -0.444 e. The van der Waals surface area contributed by atoms with Gasteiger partial charge in [0.2, 0.25) is 0 Å². The topological polar surface area (TPSA) is 73.6 Å². The average molecular weight is 292 g/mol. The lowest BCUT2D eigenvalue weighted by molar-refractivity contribution is -0.0719. The van der Waals surface area contributed by atoms with Gasteiger partial charge in [-0.25, -0.2) is 4.79 Å². The van der Waals surface area contributed by atoms with E-state index in [-0.39, 0.29) is 6.04 Å². The number of hydrogen-bond acceptors (Lipinski definition) is 4. The molecule has 0 unspecified atom stereocenters. The zero-order valence-electron chi connectivity index (χ0n) is 12.9. The van der Waals surface area contributed by atoms with Crippen molar-refractivity contribution in [3.8, 4) is 0 Å². The Morgan fingerprint density at radius 1 is 1.38 bits per heavy atom. The Kier molecular flexibility index (Phi) is 4.54.